The van der Waals surface area contributed by atoms with Gasteiger partial charge in [-0.05, 0) is 18.2 Å². The first-order valence-electron chi connectivity index (χ1n) is 5.50. The Morgan fingerprint density at radius 1 is 1.32 bits per heavy atom. The van der Waals surface area contributed by atoms with E-state index in [0.717, 1.165) is 10.9 Å². The first-order chi connectivity index (χ1) is 9.22. The summed E-state index contributed by atoms with van der Waals surface area (Å²) in [5.74, 6) is 1.16. The van der Waals surface area contributed by atoms with Crippen molar-refractivity contribution in [3.8, 4) is 0 Å². The van der Waals surface area contributed by atoms with Gasteiger partial charge in [-0.15, -0.1) is 0 Å². The minimum Gasteiger partial charge on any atom is -0.362 e. The zero-order chi connectivity index (χ0) is 13.2. The second-order valence-corrected chi connectivity index (χ2v) is 4.30. The fourth-order valence-corrected chi connectivity index (χ4v) is 1.89. The Morgan fingerprint density at radius 2 is 2.21 bits per heavy atom. The number of aromatic amines is 2. The zero-order valence-corrected chi connectivity index (χ0v) is 10.4. The molecule has 8 heteroatoms. The SMILES string of the molecule is O=c1[nH]nc(CNc2ncnc3cc(Cl)ccc23)[nH]1. The third kappa shape index (κ3) is 2.41. The number of aromatic nitrogens is 5. The van der Waals surface area contributed by atoms with E-state index >= 15 is 0 Å². The fourth-order valence-electron chi connectivity index (χ4n) is 1.73. The zero-order valence-electron chi connectivity index (χ0n) is 9.64. The van der Waals surface area contributed by atoms with E-state index in [2.05, 4.69) is 30.5 Å². The van der Waals surface area contributed by atoms with E-state index in [9.17, 15) is 4.79 Å². The summed E-state index contributed by atoms with van der Waals surface area (Å²) < 4.78 is 0. The monoisotopic (exact) mass is 276 g/mol. The van der Waals surface area contributed by atoms with Crippen LogP contribution in [0.4, 0.5) is 5.82 Å². The van der Waals surface area contributed by atoms with Crippen LogP contribution >= 0.6 is 11.6 Å². The van der Waals surface area contributed by atoms with Crippen LogP contribution in [0.2, 0.25) is 5.02 Å². The van der Waals surface area contributed by atoms with Crippen molar-refractivity contribution in [3.05, 3.63) is 45.9 Å². The van der Waals surface area contributed by atoms with Gasteiger partial charge in [-0.1, -0.05) is 11.6 Å². The summed E-state index contributed by atoms with van der Waals surface area (Å²) in [5, 5.41) is 10.7. The largest absolute Gasteiger partial charge is 0.362 e. The fraction of sp³-hybridized carbons (Fsp3) is 0.0909. The highest BCUT2D eigenvalue weighted by atomic mass is 35.5. The molecule has 0 radical (unpaired) electrons. The van der Waals surface area contributed by atoms with Crippen molar-refractivity contribution in [3.63, 3.8) is 0 Å². The van der Waals surface area contributed by atoms with Gasteiger partial charge in [0.05, 0.1) is 12.1 Å². The molecule has 2 aromatic heterocycles. The van der Waals surface area contributed by atoms with Crippen LogP contribution in [0.25, 0.3) is 10.9 Å². The first-order valence-corrected chi connectivity index (χ1v) is 5.88. The molecule has 2 heterocycles. The van der Waals surface area contributed by atoms with E-state index < -0.39 is 0 Å². The molecule has 1 aromatic carbocycles. The minimum absolute atomic E-state index is 0.337. The normalized spacial score (nSPS) is 10.8. The minimum atomic E-state index is -0.337. The Kier molecular flexibility index (Phi) is 2.88. The summed E-state index contributed by atoms with van der Waals surface area (Å²) in [6.45, 7) is 0.355. The van der Waals surface area contributed by atoms with E-state index in [1.165, 1.54) is 6.33 Å². The third-order valence-corrected chi connectivity index (χ3v) is 2.81. The second-order valence-electron chi connectivity index (χ2n) is 3.86. The van der Waals surface area contributed by atoms with Crippen LogP contribution < -0.4 is 11.0 Å². The lowest BCUT2D eigenvalue weighted by Crippen LogP contribution is -2.06. The molecule has 3 aromatic rings. The summed E-state index contributed by atoms with van der Waals surface area (Å²) in [4.78, 5) is 21.8. The van der Waals surface area contributed by atoms with E-state index in [1.807, 2.05) is 6.07 Å². The number of anilines is 1. The van der Waals surface area contributed by atoms with E-state index in [0.29, 0.717) is 23.2 Å². The third-order valence-electron chi connectivity index (χ3n) is 2.57. The maximum atomic E-state index is 10.9. The Labute approximate surface area is 112 Å². The van der Waals surface area contributed by atoms with Gasteiger partial charge in [-0.2, -0.15) is 5.10 Å². The second kappa shape index (κ2) is 4.69. The lowest BCUT2D eigenvalue weighted by atomic mass is 10.2. The van der Waals surface area contributed by atoms with Crippen molar-refractivity contribution in [2.75, 3.05) is 5.32 Å². The van der Waals surface area contributed by atoms with Gasteiger partial charge in [0, 0.05) is 10.4 Å². The molecule has 3 rings (SSSR count). The van der Waals surface area contributed by atoms with Crippen molar-refractivity contribution in [1.29, 1.82) is 0 Å². The van der Waals surface area contributed by atoms with Crippen LogP contribution in [0.15, 0.2) is 29.3 Å². The van der Waals surface area contributed by atoms with Gasteiger partial charge in [0.2, 0.25) is 0 Å². The lowest BCUT2D eigenvalue weighted by molar-refractivity contribution is 0.947. The standard InChI is InChI=1S/C11H9ClN6O/c12-6-1-2-7-8(3-6)14-5-15-10(7)13-4-9-16-11(19)18-17-9/h1-3,5H,4H2,(H,13,14,15)(H2,16,17,18,19). The average Bonchev–Trinajstić information content (AvgIpc) is 2.81. The summed E-state index contributed by atoms with van der Waals surface area (Å²) in [5.41, 5.74) is 0.414. The van der Waals surface area contributed by atoms with Crippen molar-refractivity contribution < 1.29 is 0 Å². The maximum absolute atomic E-state index is 10.9. The number of hydrogen-bond acceptors (Lipinski definition) is 5. The lowest BCUT2D eigenvalue weighted by Gasteiger charge is -2.06. The van der Waals surface area contributed by atoms with Crippen LogP contribution in [0.5, 0.6) is 0 Å². The summed E-state index contributed by atoms with van der Waals surface area (Å²) in [6.07, 6.45) is 1.45. The average molecular weight is 277 g/mol. The topological polar surface area (TPSA) is 99.3 Å². The van der Waals surface area contributed by atoms with Gasteiger partial charge in [0.1, 0.15) is 18.0 Å². The number of H-pyrrole nitrogens is 2. The Hall–Kier alpha value is -2.41. The van der Waals surface area contributed by atoms with Gasteiger partial charge >= 0.3 is 5.69 Å². The number of rotatable bonds is 3. The number of halogens is 1. The molecule has 0 amide bonds. The van der Waals surface area contributed by atoms with Gasteiger partial charge in [-0.3, -0.25) is 4.98 Å². The molecule has 3 N–H and O–H groups in total. The van der Waals surface area contributed by atoms with E-state index in [1.54, 1.807) is 12.1 Å². The molecule has 19 heavy (non-hydrogen) atoms. The Balaban J connectivity index is 1.90. The molecule has 0 fully saturated rings. The number of benzene rings is 1. The first kappa shape index (κ1) is 11.7. The number of nitrogens with one attached hydrogen (secondary N) is 3. The van der Waals surface area contributed by atoms with Gasteiger partial charge in [0.25, 0.3) is 0 Å². The molecule has 0 unspecified atom stereocenters. The molecule has 0 aliphatic rings. The molecule has 0 atom stereocenters. The molecule has 0 aliphatic heterocycles. The van der Waals surface area contributed by atoms with Crippen LogP contribution in [0, 0.1) is 0 Å². The number of nitrogens with zero attached hydrogens (tertiary/aromatic N) is 3. The molecular weight excluding hydrogens is 268 g/mol. The Bertz CT molecular complexity index is 780. The van der Waals surface area contributed by atoms with E-state index in [4.69, 9.17) is 11.6 Å². The predicted octanol–water partition coefficient (Wildman–Crippen LogP) is 1.31. The molecule has 0 saturated heterocycles. The molecule has 0 aliphatic carbocycles. The van der Waals surface area contributed by atoms with Gasteiger partial charge in [0.15, 0.2) is 0 Å². The number of hydrogen-bond donors (Lipinski definition) is 3. The summed E-state index contributed by atoms with van der Waals surface area (Å²) in [6, 6.07) is 5.38. The highest BCUT2D eigenvalue weighted by Crippen LogP contribution is 2.22. The highest BCUT2D eigenvalue weighted by molar-refractivity contribution is 6.31. The Morgan fingerprint density at radius 3 is 3.00 bits per heavy atom. The molecule has 0 saturated carbocycles. The quantitative estimate of drug-likeness (QED) is 0.670. The molecule has 7 nitrogen and oxygen atoms in total. The van der Waals surface area contributed by atoms with Gasteiger partial charge in [-0.25, -0.2) is 19.9 Å². The summed E-state index contributed by atoms with van der Waals surface area (Å²) in [7, 11) is 0. The highest BCUT2D eigenvalue weighted by Gasteiger charge is 2.05. The number of fused-ring (bicyclic) bond motifs is 1. The van der Waals surface area contributed by atoms with Crippen molar-refractivity contribution in [2.45, 2.75) is 6.54 Å². The predicted molar refractivity (Wildman–Crippen MR) is 71.1 cm³/mol. The van der Waals surface area contributed by atoms with Crippen molar-refractivity contribution in [1.82, 2.24) is 25.1 Å². The smallest absolute Gasteiger partial charge is 0.340 e. The van der Waals surface area contributed by atoms with Crippen LogP contribution in [-0.2, 0) is 6.54 Å². The molecule has 96 valence electrons. The summed E-state index contributed by atoms with van der Waals surface area (Å²) >= 11 is 5.91. The van der Waals surface area contributed by atoms with Crippen molar-refractivity contribution >= 4 is 28.3 Å². The van der Waals surface area contributed by atoms with Gasteiger partial charge < -0.3 is 5.32 Å². The van der Waals surface area contributed by atoms with Crippen LogP contribution in [-0.4, -0.2) is 25.1 Å². The van der Waals surface area contributed by atoms with Crippen LogP contribution in [0.1, 0.15) is 5.82 Å². The van der Waals surface area contributed by atoms with E-state index in [-0.39, 0.29) is 5.69 Å². The van der Waals surface area contributed by atoms with Crippen LogP contribution in [0.3, 0.4) is 0 Å². The molecule has 0 spiro atoms. The van der Waals surface area contributed by atoms with Crippen molar-refractivity contribution in [2.24, 2.45) is 0 Å². The molecule has 0 bridgehead atoms. The maximum Gasteiger partial charge on any atom is 0.340 e. The molecular formula is C11H9ClN6O.